The molecule has 1 heterocycles. The summed E-state index contributed by atoms with van der Waals surface area (Å²) in [7, 11) is 1.41. The average Bonchev–Trinajstić information content (AvgIpc) is 2.84. The number of para-hydroxylation sites is 1. The van der Waals surface area contributed by atoms with Gasteiger partial charge >= 0.3 is 5.69 Å². The molecule has 0 saturated heterocycles. The molecule has 1 aromatic carbocycles. The number of anilines is 1. The van der Waals surface area contributed by atoms with Gasteiger partial charge in [-0.15, -0.1) is 0 Å². The predicted molar refractivity (Wildman–Crippen MR) is 75.1 cm³/mol. The van der Waals surface area contributed by atoms with Crippen LogP contribution in [0.15, 0.2) is 34.7 Å². The Bertz CT molecular complexity index is 621. The number of nitrogens with one attached hydrogen (secondary N) is 1. The molecule has 6 heteroatoms. The van der Waals surface area contributed by atoms with Gasteiger partial charge in [0.15, 0.2) is 5.75 Å². The molecule has 106 valence electrons. The maximum absolute atomic E-state index is 11.2. The minimum Gasteiger partial charge on any atom is -0.490 e. The summed E-state index contributed by atoms with van der Waals surface area (Å²) >= 11 is 0. The van der Waals surface area contributed by atoms with Gasteiger partial charge in [0.1, 0.15) is 17.2 Å². The number of furan rings is 1. The first kappa shape index (κ1) is 13.9. The number of benzene rings is 1. The van der Waals surface area contributed by atoms with Crippen LogP contribution in [0.3, 0.4) is 0 Å². The second-order valence-corrected chi connectivity index (χ2v) is 4.43. The Balaban J connectivity index is 2.31. The number of aryl methyl sites for hydroxylation is 1. The van der Waals surface area contributed by atoms with Gasteiger partial charge in [0.2, 0.25) is 0 Å². The number of methoxy groups -OCH3 is 1. The molecule has 0 amide bonds. The van der Waals surface area contributed by atoms with Crippen LogP contribution in [-0.4, -0.2) is 12.0 Å². The highest BCUT2D eigenvalue weighted by Gasteiger charge is 2.22. The van der Waals surface area contributed by atoms with Gasteiger partial charge in [-0.1, -0.05) is 6.07 Å². The fourth-order valence-electron chi connectivity index (χ4n) is 1.98. The number of rotatable bonds is 5. The van der Waals surface area contributed by atoms with Crippen LogP contribution in [0.5, 0.6) is 5.75 Å². The highest BCUT2D eigenvalue weighted by atomic mass is 16.6. The molecule has 0 bridgehead atoms. The molecule has 0 fully saturated rings. The summed E-state index contributed by atoms with van der Waals surface area (Å²) in [5.41, 5.74) is 0.320. The smallest absolute Gasteiger partial charge is 0.333 e. The van der Waals surface area contributed by atoms with Crippen LogP contribution in [-0.2, 0) is 0 Å². The van der Waals surface area contributed by atoms with Gasteiger partial charge in [0.25, 0.3) is 0 Å². The number of hydrogen-bond acceptors (Lipinski definition) is 5. The van der Waals surface area contributed by atoms with Crippen LogP contribution >= 0.6 is 0 Å². The Kier molecular flexibility index (Phi) is 3.93. The third-order valence-corrected chi connectivity index (χ3v) is 2.96. The standard InChI is InChI=1S/C14H16N2O4/c1-9-7-8-12(20-9)10(2)15-11-5-4-6-13(19-3)14(11)16(17)18/h4-8,10,15H,1-3H3. The number of ether oxygens (including phenoxy) is 1. The second-order valence-electron chi connectivity index (χ2n) is 4.43. The summed E-state index contributed by atoms with van der Waals surface area (Å²) in [5.74, 6) is 1.75. The minimum atomic E-state index is -0.457. The SMILES string of the molecule is COc1cccc(NC(C)c2ccc(C)o2)c1[N+](=O)[O-]. The zero-order valence-corrected chi connectivity index (χ0v) is 11.5. The maximum atomic E-state index is 11.2. The second kappa shape index (κ2) is 5.64. The summed E-state index contributed by atoms with van der Waals surface area (Å²) in [6, 6.07) is 8.42. The normalized spacial score (nSPS) is 11.9. The molecule has 2 aromatic rings. The van der Waals surface area contributed by atoms with Crippen LogP contribution < -0.4 is 10.1 Å². The van der Waals surface area contributed by atoms with Gasteiger partial charge in [0.05, 0.1) is 18.1 Å². The van der Waals surface area contributed by atoms with E-state index in [1.165, 1.54) is 7.11 Å². The molecule has 0 spiro atoms. The predicted octanol–water partition coefficient (Wildman–Crippen LogP) is 3.68. The summed E-state index contributed by atoms with van der Waals surface area (Å²) in [6.45, 7) is 3.73. The molecule has 2 rings (SSSR count). The van der Waals surface area contributed by atoms with Gasteiger partial charge in [-0.2, -0.15) is 0 Å². The van der Waals surface area contributed by atoms with E-state index in [1.807, 2.05) is 26.0 Å². The van der Waals surface area contributed by atoms with Gasteiger partial charge in [-0.3, -0.25) is 10.1 Å². The van der Waals surface area contributed by atoms with Gasteiger partial charge in [-0.05, 0) is 38.1 Å². The van der Waals surface area contributed by atoms with E-state index >= 15 is 0 Å². The highest BCUT2D eigenvalue weighted by molar-refractivity contribution is 5.68. The molecule has 1 unspecified atom stereocenters. The number of nitrogens with zero attached hydrogens (tertiary/aromatic N) is 1. The van der Waals surface area contributed by atoms with E-state index in [0.717, 1.165) is 11.5 Å². The molecule has 0 saturated carbocycles. The highest BCUT2D eigenvalue weighted by Crippen LogP contribution is 2.36. The van der Waals surface area contributed by atoms with Crippen LogP contribution in [0.4, 0.5) is 11.4 Å². The lowest BCUT2D eigenvalue weighted by Crippen LogP contribution is -2.08. The fraction of sp³-hybridized carbons (Fsp3) is 0.286. The summed E-state index contributed by atoms with van der Waals surface area (Å²) in [6.07, 6.45) is 0. The molecular weight excluding hydrogens is 260 g/mol. The molecule has 1 aromatic heterocycles. The van der Waals surface area contributed by atoms with Crippen molar-refractivity contribution >= 4 is 11.4 Å². The molecule has 0 radical (unpaired) electrons. The summed E-state index contributed by atoms with van der Waals surface area (Å²) in [4.78, 5) is 10.7. The van der Waals surface area contributed by atoms with Gasteiger partial charge in [0, 0.05) is 0 Å². The van der Waals surface area contributed by atoms with Crippen molar-refractivity contribution in [3.8, 4) is 5.75 Å². The van der Waals surface area contributed by atoms with Crippen molar-refractivity contribution in [1.82, 2.24) is 0 Å². The van der Waals surface area contributed by atoms with Crippen molar-refractivity contribution in [2.45, 2.75) is 19.9 Å². The van der Waals surface area contributed by atoms with Crippen molar-refractivity contribution in [3.05, 3.63) is 52.0 Å². The van der Waals surface area contributed by atoms with Crippen molar-refractivity contribution in [2.75, 3.05) is 12.4 Å². The molecule has 0 aliphatic carbocycles. The molecule has 1 atom stereocenters. The van der Waals surface area contributed by atoms with E-state index in [4.69, 9.17) is 9.15 Å². The Morgan fingerprint density at radius 3 is 2.65 bits per heavy atom. The first-order valence-corrected chi connectivity index (χ1v) is 6.17. The number of hydrogen-bond donors (Lipinski definition) is 1. The zero-order valence-electron chi connectivity index (χ0n) is 11.5. The van der Waals surface area contributed by atoms with E-state index in [2.05, 4.69) is 5.32 Å². The van der Waals surface area contributed by atoms with Crippen molar-refractivity contribution < 1.29 is 14.1 Å². The van der Waals surface area contributed by atoms with Gasteiger partial charge in [-0.25, -0.2) is 0 Å². The van der Waals surface area contributed by atoms with Crippen molar-refractivity contribution in [3.63, 3.8) is 0 Å². The first-order chi connectivity index (χ1) is 9.52. The quantitative estimate of drug-likeness (QED) is 0.665. The molecule has 20 heavy (non-hydrogen) atoms. The third kappa shape index (κ3) is 2.74. The van der Waals surface area contributed by atoms with Crippen LogP contribution in [0.1, 0.15) is 24.5 Å². The Labute approximate surface area is 116 Å². The van der Waals surface area contributed by atoms with E-state index < -0.39 is 4.92 Å². The maximum Gasteiger partial charge on any atom is 0.333 e. The van der Waals surface area contributed by atoms with E-state index in [0.29, 0.717) is 5.69 Å². The number of nitro benzene ring substituents is 1. The largest absolute Gasteiger partial charge is 0.490 e. The van der Waals surface area contributed by atoms with Crippen molar-refractivity contribution in [1.29, 1.82) is 0 Å². The van der Waals surface area contributed by atoms with Crippen LogP contribution in [0.25, 0.3) is 0 Å². The monoisotopic (exact) mass is 276 g/mol. The zero-order chi connectivity index (χ0) is 14.7. The average molecular weight is 276 g/mol. The Morgan fingerprint density at radius 2 is 2.10 bits per heavy atom. The lowest BCUT2D eigenvalue weighted by molar-refractivity contribution is -0.384. The summed E-state index contributed by atoms with van der Waals surface area (Å²) in [5, 5.41) is 14.3. The van der Waals surface area contributed by atoms with Crippen LogP contribution in [0, 0.1) is 17.0 Å². The molecule has 0 aliphatic rings. The molecule has 1 N–H and O–H groups in total. The minimum absolute atomic E-state index is 0.0786. The topological polar surface area (TPSA) is 77.5 Å². The van der Waals surface area contributed by atoms with E-state index in [1.54, 1.807) is 18.2 Å². The molecular formula is C14H16N2O4. The van der Waals surface area contributed by atoms with Gasteiger partial charge < -0.3 is 14.5 Å². The van der Waals surface area contributed by atoms with E-state index in [9.17, 15) is 10.1 Å². The Morgan fingerprint density at radius 1 is 1.35 bits per heavy atom. The number of nitro groups is 1. The first-order valence-electron chi connectivity index (χ1n) is 6.17. The van der Waals surface area contributed by atoms with Crippen LogP contribution in [0.2, 0.25) is 0 Å². The lowest BCUT2D eigenvalue weighted by Gasteiger charge is -2.14. The molecule has 6 nitrogen and oxygen atoms in total. The third-order valence-electron chi connectivity index (χ3n) is 2.96. The van der Waals surface area contributed by atoms with E-state index in [-0.39, 0.29) is 17.5 Å². The lowest BCUT2D eigenvalue weighted by atomic mass is 10.2. The summed E-state index contributed by atoms with van der Waals surface area (Å²) < 4.78 is 10.5. The Hall–Kier alpha value is -2.50. The molecule has 0 aliphatic heterocycles. The fourth-order valence-corrected chi connectivity index (χ4v) is 1.98. The van der Waals surface area contributed by atoms with Crippen molar-refractivity contribution in [2.24, 2.45) is 0 Å².